The Morgan fingerprint density at radius 2 is 2.14 bits per heavy atom. The molecule has 1 aliphatic carbocycles. The van der Waals surface area contributed by atoms with E-state index in [1.54, 1.807) is 16.2 Å². The molecule has 5 heteroatoms. The van der Waals surface area contributed by atoms with Crippen molar-refractivity contribution in [2.75, 3.05) is 13.1 Å². The lowest BCUT2D eigenvalue weighted by Gasteiger charge is -2.22. The number of nitrogens with zero attached hydrogens (tertiary/aromatic N) is 1. The third-order valence-electron chi connectivity index (χ3n) is 5.19. The van der Waals surface area contributed by atoms with E-state index in [2.05, 4.69) is 11.9 Å². The van der Waals surface area contributed by atoms with Gasteiger partial charge in [0.1, 0.15) is 11.4 Å². The number of quaternary nitrogens is 1. The van der Waals surface area contributed by atoms with E-state index in [9.17, 15) is 4.79 Å². The molecule has 4 nitrogen and oxygen atoms in total. The fourth-order valence-corrected chi connectivity index (χ4v) is 5.34. The number of H-pyrrole nitrogens is 1. The molecule has 0 amide bonds. The minimum Gasteiger partial charge on any atom is -0.329 e. The fraction of sp³-hybridized carbons (Fsp3) is 0.647. The van der Waals surface area contributed by atoms with E-state index in [4.69, 9.17) is 4.98 Å². The van der Waals surface area contributed by atoms with Crippen molar-refractivity contribution in [1.29, 1.82) is 0 Å². The Morgan fingerprint density at radius 1 is 1.32 bits per heavy atom. The Kier molecular flexibility index (Phi) is 3.78. The van der Waals surface area contributed by atoms with Crippen LogP contribution in [0.5, 0.6) is 0 Å². The molecule has 4 rings (SSSR count). The average molecular weight is 318 g/mol. The van der Waals surface area contributed by atoms with Gasteiger partial charge in [0.15, 0.2) is 5.82 Å². The molecular weight excluding hydrogens is 294 g/mol. The number of aromatic nitrogens is 2. The smallest absolute Gasteiger partial charge is 0.260 e. The first-order valence-electron chi connectivity index (χ1n) is 8.57. The van der Waals surface area contributed by atoms with Crippen molar-refractivity contribution in [1.82, 2.24) is 9.97 Å². The predicted octanol–water partition coefficient (Wildman–Crippen LogP) is 1.68. The van der Waals surface area contributed by atoms with Crippen molar-refractivity contribution in [3.8, 4) is 0 Å². The zero-order valence-corrected chi connectivity index (χ0v) is 14.0. The summed E-state index contributed by atoms with van der Waals surface area (Å²) in [4.78, 5) is 24.3. The normalized spacial score (nSPS) is 22.9. The average Bonchev–Trinajstić information content (AvgIpc) is 2.85. The molecule has 1 fully saturated rings. The first kappa shape index (κ1) is 14.4. The molecule has 22 heavy (non-hydrogen) atoms. The molecule has 118 valence electrons. The Morgan fingerprint density at radius 3 is 2.95 bits per heavy atom. The molecule has 3 heterocycles. The van der Waals surface area contributed by atoms with E-state index in [0.29, 0.717) is 0 Å². The van der Waals surface area contributed by atoms with Gasteiger partial charge in [0.05, 0.1) is 18.5 Å². The van der Waals surface area contributed by atoms with Crippen LogP contribution >= 0.6 is 11.3 Å². The van der Waals surface area contributed by atoms with Crippen LogP contribution in [0.3, 0.4) is 0 Å². The number of rotatable bonds is 2. The fourth-order valence-electron chi connectivity index (χ4n) is 3.94. The van der Waals surface area contributed by atoms with Gasteiger partial charge in [0, 0.05) is 4.88 Å². The minimum atomic E-state index is 0.0865. The van der Waals surface area contributed by atoms with Crippen LogP contribution in [0, 0.1) is 5.92 Å². The third-order valence-corrected chi connectivity index (χ3v) is 6.34. The molecule has 0 bridgehead atoms. The van der Waals surface area contributed by atoms with Crippen LogP contribution in [-0.4, -0.2) is 23.1 Å². The van der Waals surface area contributed by atoms with Gasteiger partial charge in [-0.15, -0.1) is 11.3 Å². The molecule has 0 radical (unpaired) electrons. The number of nitrogens with one attached hydrogen (secondary N) is 2. The van der Waals surface area contributed by atoms with E-state index in [1.807, 2.05) is 0 Å². The van der Waals surface area contributed by atoms with Crippen LogP contribution in [0.15, 0.2) is 4.79 Å². The number of likely N-dealkylation sites (tertiary alicyclic amines) is 1. The maximum atomic E-state index is 12.6. The van der Waals surface area contributed by atoms with E-state index in [1.165, 1.54) is 49.2 Å². The summed E-state index contributed by atoms with van der Waals surface area (Å²) in [6.45, 7) is 5.58. The van der Waals surface area contributed by atoms with Crippen LogP contribution < -0.4 is 10.5 Å². The van der Waals surface area contributed by atoms with E-state index in [-0.39, 0.29) is 5.56 Å². The maximum Gasteiger partial charge on any atom is 0.260 e. The minimum absolute atomic E-state index is 0.0865. The Balaban J connectivity index is 1.69. The van der Waals surface area contributed by atoms with E-state index < -0.39 is 0 Å². The molecule has 0 unspecified atom stereocenters. The summed E-state index contributed by atoms with van der Waals surface area (Å²) in [5, 5.41) is 0.879. The van der Waals surface area contributed by atoms with Crippen molar-refractivity contribution >= 4 is 21.6 Å². The SMILES string of the molecule is C[C@H]1CCc2c(sc3nc(C[NH+]4CCCCC4)[nH]c(=O)c23)C1. The van der Waals surface area contributed by atoms with Crippen molar-refractivity contribution < 1.29 is 4.90 Å². The van der Waals surface area contributed by atoms with E-state index >= 15 is 0 Å². The molecule has 2 aromatic rings. The van der Waals surface area contributed by atoms with Gasteiger partial charge in [-0.2, -0.15) is 0 Å². The first-order valence-corrected chi connectivity index (χ1v) is 9.39. The number of hydrogen-bond donors (Lipinski definition) is 2. The second-order valence-corrected chi connectivity index (χ2v) is 8.12. The number of fused-ring (bicyclic) bond motifs is 3. The number of thiophene rings is 1. The number of hydrogen-bond acceptors (Lipinski definition) is 3. The summed E-state index contributed by atoms with van der Waals surface area (Å²) in [5.74, 6) is 1.61. The van der Waals surface area contributed by atoms with Crippen LogP contribution in [0.1, 0.15) is 48.9 Å². The number of piperidine rings is 1. The van der Waals surface area contributed by atoms with Gasteiger partial charge in [-0.1, -0.05) is 6.92 Å². The molecule has 1 atom stereocenters. The molecule has 2 N–H and O–H groups in total. The largest absolute Gasteiger partial charge is 0.329 e. The summed E-state index contributed by atoms with van der Waals surface area (Å²) in [6, 6.07) is 0. The lowest BCUT2D eigenvalue weighted by Crippen LogP contribution is -3.11. The summed E-state index contributed by atoms with van der Waals surface area (Å²) in [7, 11) is 0. The van der Waals surface area contributed by atoms with Gasteiger partial charge in [-0.3, -0.25) is 4.79 Å². The second kappa shape index (κ2) is 5.78. The highest BCUT2D eigenvalue weighted by Crippen LogP contribution is 2.35. The van der Waals surface area contributed by atoms with Crippen LogP contribution in [0.25, 0.3) is 10.2 Å². The van der Waals surface area contributed by atoms with Crippen LogP contribution in [-0.2, 0) is 19.4 Å². The zero-order valence-electron chi connectivity index (χ0n) is 13.2. The molecule has 2 aromatic heterocycles. The molecule has 0 spiro atoms. The molecule has 1 saturated heterocycles. The van der Waals surface area contributed by atoms with Gasteiger partial charge in [0.25, 0.3) is 5.56 Å². The van der Waals surface area contributed by atoms with Crippen LogP contribution in [0.4, 0.5) is 0 Å². The summed E-state index contributed by atoms with van der Waals surface area (Å²) >= 11 is 1.75. The first-order chi connectivity index (χ1) is 10.7. The Bertz CT molecular complexity index is 742. The Labute approximate surface area is 134 Å². The van der Waals surface area contributed by atoms with E-state index in [0.717, 1.165) is 41.3 Å². The zero-order chi connectivity index (χ0) is 15.1. The van der Waals surface area contributed by atoms with Gasteiger partial charge < -0.3 is 9.88 Å². The van der Waals surface area contributed by atoms with Crippen molar-refractivity contribution in [3.63, 3.8) is 0 Å². The van der Waals surface area contributed by atoms with Crippen molar-refractivity contribution in [2.45, 2.75) is 52.0 Å². The highest BCUT2D eigenvalue weighted by Gasteiger charge is 2.23. The Hall–Kier alpha value is -1.20. The van der Waals surface area contributed by atoms with Gasteiger partial charge in [0.2, 0.25) is 0 Å². The molecular formula is C17H24N3OS+. The molecule has 1 aliphatic heterocycles. The lowest BCUT2D eigenvalue weighted by atomic mass is 9.89. The highest BCUT2D eigenvalue weighted by atomic mass is 32.1. The van der Waals surface area contributed by atoms with Gasteiger partial charge in [-0.05, 0) is 50.0 Å². The molecule has 2 aliphatic rings. The highest BCUT2D eigenvalue weighted by molar-refractivity contribution is 7.18. The summed E-state index contributed by atoms with van der Waals surface area (Å²) < 4.78 is 0. The summed E-state index contributed by atoms with van der Waals surface area (Å²) in [5.41, 5.74) is 1.37. The standard InChI is InChI=1S/C17H23N3OS/c1-11-5-6-12-13(9-11)22-17-15(12)16(21)18-14(19-17)10-20-7-3-2-4-8-20/h11H,2-10H2,1H3,(H,18,19,21)/p+1/t11-/m0/s1. The number of aryl methyl sites for hydroxylation is 1. The molecule has 0 saturated carbocycles. The third kappa shape index (κ3) is 2.61. The summed E-state index contributed by atoms with van der Waals surface area (Å²) in [6.07, 6.45) is 7.29. The molecule has 0 aromatic carbocycles. The number of aromatic amines is 1. The van der Waals surface area contributed by atoms with Gasteiger partial charge in [-0.25, -0.2) is 4.98 Å². The van der Waals surface area contributed by atoms with Crippen molar-refractivity contribution in [2.24, 2.45) is 5.92 Å². The quantitative estimate of drug-likeness (QED) is 0.885. The van der Waals surface area contributed by atoms with Gasteiger partial charge >= 0.3 is 0 Å². The van der Waals surface area contributed by atoms with Crippen LogP contribution in [0.2, 0.25) is 0 Å². The van der Waals surface area contributed by atoms with Crippen molar-refractivity contribution in [3.05, 3.63) is 26.6 Å². The monoisotopic (exact) mass is 318 g/mol. The predicted molar refractivity (Wildman–Crippen MR) is 89.7 cm³/mol. The lowest BCUT2D eigenvalue weighted by molar-refractivity contribution is -0.919. The maximum absolute atomic E-state index is 12.6. The topological polar surface area (TPSA) is 50.2 Å². The second-order valence-electron chi connectivity index (χ2n) is 7.03.